The molecule has 16 heavy (non-hydrogen) atoms. The fourth-order valence-electron chi connectivity index (χ4n) is 1.61. The summed E-state index contributed by atoms with van der Waals surface area (Å²) in [7, 11) is 3.32. The summed E-state index contributed by atoms with van der Waals surface area (Å²) in [6.45, 7) is 1.98. The molecule has 1 aromatic heterocycles. The third-order valence-corrected chi connectivity index (χ3v) is 3.78. The van der Waals surface area contributed by atoms with E-state index in [4.69, 9.17) is 15.2 Å². The second kappa shape index (κ2) is 4.31. The molecule has 0 saturated carbocycles. The number of ether oxygens (including phenoxy) is 2. The molecule has 0 spiro atoms. The van der Waals surface area contributed by atoms with Gasteiger partial charge >= 0.3 is 0 Å². The Hall–Kier alpha value is -1.26. The van der Waals surface area contributed by atoms with Gasteiger partial charge in [0.2, 0.25) is 0 Å². The highest BCUT2D eigenvalue weighted by molar-refractivity contribution is 7.19. The zero-order chi connectivity index (χ0) is 11.7. The Kier molecular flexibility index (Phi) is 3.03. The first-order valence-corrected chi connectivity index (χ1v) is 5.88. The summed E-state index contributed by atoms with van der Waals surface area (Å²) >= 11 is 1.68. The predicted molar refractivity (Wildman–Crippen MR) is 67.5 cm³/mol. The van der Waals surface area contributed by atoms with E-state index in [2.05, 4.69) is 6.07 Å². The molecule has 1 heterocycles. The molecule has 86 valence electrons. The smallest absolute Gasteiger partial charge is 0.131 e. The second-order valence-corrected chi connectivity index (χ2v) is 4.79. The van der Waals surface area contributed by atoms with Crippen molar-refractivity contribution < 1.29 is 9.47 Å². The Morgan fingerprint density at radius 1 is 1.19 bits per heavy atom. The van der Waals surface area contributed by atoms with Crippen molar-refractivity contribution in [3.05, 3.63) is 23.1 Å². The number of hydrogen-bond donors (Lipinski definition) is 1. The first kappa shape index (κ1) is 11.2. The van der Waals surface area contributed by atoms with E-state index in [9.17, 15) is 0 Å². The third-order valence-electron chi connectivity index (χ3n) is 2.50. The van der Waals surface area contributed by atoms with Crippen LogP contribution in [-0.2, 0) is 0 Å². The van der Waals surface area contributed by atoms with Crippen LogP contribution in [0.5, 0.6) is 11.5 Å². The Balaban J connectivity index is 2.65. The van der Waals surface area contributed by atoms with E-state index < -0.39 is 0 Å². The van der Waals surface area contributed by atoms with E-state index >= 15 is 0 Å². The number of nitrogens with two attached hydrogens (primary N) is 1. The van der Waals surface area contributed by atoms with E-state index in [0.717, 1.165) is 26.5 Å². The molecule has 0 aliphatic rings. The molecule has 4 heteroatoms. The quantitative estimate of drug-likeness (QED) is 0.892. The van der Waals surface area contributed by atoms with Crippen LogP contribution in [0.4, 0.5) is 0 Å². The highest BCUT2D eigenvalue weighted by atomic mass is 32.1. The molecule has 0 radical (unpaired) electrons. The molecule has 0 saturated heterocycles. The van der Waals surface area contributed by atoms with Crippen molar-refractivity contribution in [1.29, 1.82) is 0 Å². The molecule has 0 amide bonds. The number of thiophene rings is 1. The van der Waals surface area contributed by atoms with E-state index in [1.807, 2.05) is 19.1 Å². The normalized spacial score (nSPS) is 12.8. The SMILES string of the molecule is COc1cc(OC)c2cc(C(C)N)sc2c1. The average Bonchev–Trinajstić information content (AvgIpc) is 2.71. The molecule has 1 unspecified atom stereocenters. The fraction of sp³-hybridized carbons (Fsp3) is 0.333. The molecule has 1 aromatic carbocycles. The van der Waals surface area contributed by atoms with Crippen molar-refractivity contribution in [2.24, 2.45) is 5.73 Å². The summed E-state index contributed by atoms with van der Waals surface area (Å²) < 4.78 is 11.7. The van der Waals surface area contributed by atoms with E-state index in [0.29, 0.717) is 0 Å². The van der Waals surface area contributed by atoms with Crippen LogP contribution in [0.15, 0.2) is 18.2 Å². The number of hydrogen-bond acceptors (Lipinski definition) is 4. The van der Waals surface area contributed by atoms with Crippen molar-refractivity contribution in [3.63, 3.8) is 0 Å². The molecule has 0 aliphatic heterocycles. The summed E-state index contributed by atoms with van der Waals surface area (Å²) in [6.07, 6.45) is 0. The minimum absolute atomic E-state index is 0.0492. The maximum Gasteiger partial charge on any atom is 0.131 e. The van der Waals surface area contributed by atoms with Crippen LogP contribution in [-0.4, -0.2) is 14.2 Å². The van der Waals surface area contributed by atoms with E-state index in [1.165, 1.54) is 0 Å². The first-order chi connectivity index (χ1) is 7.65. The van der Waals surface area contributed by atoms with Crippen LogP contribution >= 0.6 is 11.3 Å². The van der Waals surface area contributed by atoms with Crippen LogP contribution in [0.2, 0.25) is 0 Å². The molecule has 2 rings (SSSR count). The Bertz CT molecular complexity index is 505. The van der Waals surface area contributed by atoms with Gasteiger partial charge in [-0.3, -0.25) is 0 Å². The van der Waals surface area contributed by atoms with Crippen LogP contribution in [0.3, 0.4) is 0 Å². The number of benzene rings is 1. The summed E-state index contributed by atoms with van der Waals surface area (Å²) in [5, 5.41) is 1.10. The minimum Gasteiger partial charge on any atom is -0.497 e. The zero-order valence-electron chi connectivity index (χ0n) is 9.61. The first-order valence-electron chi connectivity index (χ1n) is 5.06. The van der Waals surface area contributed by atoms with Crippen LogP contribution in [0.25, 0.3) is 10.1 Å². The van der Waals surface area contributed by atoms with Crippen LogP contribution in [0, 0.1) is 0 Å². The molecule has 2 N–H and O–H groups in total. The molecular formula is C12H15NO2S. The van der Waals surface area contributed by atoms with Gasteiger partial charge in [-0.1, -0.05) is 0 Å². The molecule has 0 fully saturated rings. The Morgan fingerprint density at radius 2 is 1.94 bits per heavy atom. The van der Waals surface area contributed by atoms with Gasteiger partial charge in [-0.15, -0.1) is 11.3 Å². The monoisotopic (exact) mass is 237 g/mol. The van der Waals surface area contributed by atoms with Gasteiger partial charge in [0.25, 0.3) is 0 Å². The van der Waals surface area contributed by atoms with Crippen molar-refractivity contribution in [2.45, 2.75) is 13.0 Å². The number of fused-ring (bicyclic) bond motifs is 1. The van der Waals surface area contributed by atoms with E-state index in [-0.39, 0.29) is 6.04 Å². The molecule has 0 bridgehead atoms. The largest absolute Gasteiger partial charge is 0.497 e. The lowest BCUT2D eigenvalue weighted by Crippen LogP contribution is -2.01. The summed E-state index contributed by atoms with van der Waals surface area (Å²) in [5.41, 5.74) is 5.88. The van der Waals surface area contributed by atoms with Gasteiger partial charge in [0.05, 0.1) is 14.2 Å². The average molecular weight is 237 g/mol. The topological polar surface area (TPSA) is 44.5 Å². The van der Waals surface area contributed by atoms with Gasteiger partial charge in [0.15, 0.2) is 0 Å². The maximum atomic E-state index is 5.88. The van der Waals surface area contributed by atoms with Crippen molar-refractivity contribution in [1.82, 2.24) is 0 Å². The molecule has 2 aromatic rings. The Morgan fingerprint density at radius 3 is 2.50 bits per heavy atom. The highest BCUT2D eigenvalue weighted by Gasteiger charge is 2.11. The highest BCUT2D eigenvalue weighted by Crippen LogP contribution is 2.38. The van der Waals surface area contributed by atoms with Crippen LogP contribution < -0.4 is 15.2 Å². The van der Waals surface area contributed by atoms with E-state index in [1.54, 1.807) is 25.6 Å². The van der Waals surface area contributed by atoms with Gasteiger partial charge in [-0.2, -0.15) is 0 Å². The van der Waals surface area contributed by atoms with Crippen molar-refractivity contribution in [2.75, 3.05) is 14.2 Å². The van der Waals surface area contributed by atoms with Gasteiger partial charge in [0.1, 0.15) is 11.5 Å². The molecular weight excluding hydrogens is 222 g/mol. The molecule has 1 atom stereocenters. The third kappa shape index (κ3) is 1.86. The molecule has 0 aliphatic carbocycles. The lowest BCUT2D eigenvalue weighted by Gasteiger charge is -2.04. The second-order valence-electron chi connectivity index (χ2n) is 3.68. The maximum absolute atomic E-state index is 5.88. The fourth-order valence-corrected chi connectivity index (χ4v) is 2.67. The minimum atomic E-state index is 0.0492. The van der Waals surface area contributed by atoms with Crippen molar-refractivity contribution >= 4 is 21.4 Å². The lowest BCUT2D eigenvalue weighted by atomic mass is 10.2. The summed E-state index contributed by atoms with van der Waals surface area (Å²) in [5.74, 6) is 1.64. The summed E-state index contributed by atoms with van der Waals surface area (Å²) in [4.78, 5) is 1.15. The van der Waals surface area contributed by atoms with Gasteiger partial charge in [-0.05, 0) is 19.1 Å². The Labute approximate surface area is 98.8 Å². The number of methoxy groups -OCH3 is 2. The van der Waals surface area contributed by atoms with Gasteiger partial charge in [-0.25, -0.2) is 0 Å². The molecule has 3 nitrogen and oxygen atoms in total. The number of rotatable bonds is 3. The lowest BCUT2D eigenvalue weighted by molar-refractivity contribution is 0.398. The summed E-state index contributed by atoms with van der Waals surface area (Å²) in [6, 6.07) is 6.03. The van der Waals surface area contributed by atoms with Gasteiger partial charge < -0.3 is 15.2 Å². The standard InChI is InChI=1S/C12H15NO2S/c1-7(13)11-6-9-10(15-3)4-8(14-2)5-12(9)16-11/h4-7H,13H2,1-3H3. The van der Waals surface area contributed by atoms with Crippen molar-refractivity contribution in [3.8, 4) is 11.5 Å². The zero-order valence-corrected chi connectivity index (χ0v) is 10.4. The predicted octanol–water partition coefficient (Wildman–Crippen LogP) is 2.94. The van der Waals surface area contributed by atoms with Crippen LogP contribution in [0.1, 0.15) is 17.8 Å². The van der Waals surface area contributed by atoms with Gasteiger partial charge in [0, 0.05) is 27.1 Å².